The topological polar surface area (TPSA) is 107 Å². The molecular formula is C11H18N4O3S. The predicted octanol–water partition coefficient (Wildman–Crippen LogP) is -0.208. The molecule has 7 nitrogen and oxygen atoms in total. The van der Waals surface area contributed by atoms with Crippen molar-refractivity contribution in [1.29, 1.82) is 0 Å². The lowest BCUT2D eigenvalue weighted by molar-refractivity contribution is 0.0905. The van der Waals surface area contributed by atoms with Crippen molar-refractivity contribution in [2.24, 2.45) is 0 Å². The van der Waals surface area contributed by atoms with E-state index in [4.69, 9.17) is 5.73 Å². The number of nitrogens with two attached hydrogens (primary N) is 1. The molecule has 0 saturated carbocycles. The third-order valence-electron chi connectivity index (χ3n) is 3.30. The van der Waals surface area contributed by atoms with Crippen LogP contribution in [0.4, 0.5) is 5.69 Å². The first-order valence-electron chi connectivity index (χ1n) is 6.10. The summed E-state index contributed by atoms with van der Waals surface area (Å²) in [4.78, 5) is 12.2. The number of anilines is 1. The van der Waals surface area contributed by atoms with Crippen LogP contribution in [0.3, 0.4) is 0 Å². The second kappa shape index (κ2) is 4.52. The molecule has 0 spiro atoms. The number of aromatic nitrogens is 2. The van der Waals surface area contributed by atoms with Gasteiger partial charge in [0.15, 0.2) is 9.84 Å². The Morgan fingerprint density at radius 2 is 2.32 bits per heavy atom. The number of hydrogen-bond donors (Lipinski definition) is 2. The Morgan fingerprint density at radius 1 is 1.63 bits per heavy atom. The lowest BCUT2D eigenvalue weighted by atomic mass is 10.0. The van der Waals surface area contributed by atoms with Crippen LogP contribution >= 0.6 is 0 Å². The summed E-state index contributed by atoms with van der Waals surface area (Å²) in [6.07, 6.45) is 1.84. The molecule has 2 heterocycles. The maximum Gasteiger partial charge on any atom is 0.272 e. The number of nitrogen functional groups attached to an aromatic ring is 1. The molecule has 1 saturated heterocycles. The van der Waals surface area contributed by atoms with E-state index in [-0.39, 0.29) is 23.1 Å². The molecule has 8 heteroatoms. The zero-order chi connectivity index (χ0) is 14.3. The summed E-state index contributed by atoms with van der Waals surface area (Å²) in [5, 5.41) is 6.76. The maximum atomic E-state index is 12.2. The summed E-state index contributed by atoms with van der Waals surface area (Å²) in [5.74, 6) is -0.311. The quantitative estimate of drug-likeness (QED) is 0.799. The zero-order valence-electron chi connectivity index (χ0n) is 11.0. The highest BCUT2D eigenvalue weighted by Gasteiger charge is 2.40. The molecule has 0 aromatic carbocycles. The van der Waals surface area contributed by atoms with Crippen molar-refractivity contribution in [3.8, 4) is 0 Å². The van der Waals surface area contributed by atoms with Crippen LogP contribution < -0.4 is 11.1 Å². The summed E-state index contributed by atoms with van der Waals surface area (Å²) in [7, 11) is -3.06. The Hall–Kier alpha value is -1.57. The normalized spacial score (nSPS) is 25.4. The molecule has 3 N–H and O–H groups in total. The number of hydrogen-bond acceptors (Lipinski definition) is 5. The van der Waals surface area contributed by atoms with E-state index in [1.165, 1.54) is 10.9 Å². The molecule has 1 unspecified atom stereocenters. The highest BCUT2D eigenvalue weighted by atomic mass is 32.2. The number of aryl methyl sites for hydroxylation is 1. The molecule has 1 aliphatic heterocycles. The van der Waals surface area contributed by atoms with Crippen molar-refractivity contribution in [2.45, 2.75) is 32.4 Å². The zero-order valence-corrected chi connectivity index (χ0v) is 11.8. The molecule has 19 heavy (non-hydrogen) atoms. The van der Waals surface area contributed by atoms with E-state index in [1.807, 2.05) is 6.92 Å². The van der Waals surface area contributed by atoms with Crippen molar-refractivity contribution in [1.82, 2.24) is 15.1 Å². The fourth-order valence-corrected chi connectivity index (χ4v) is 4.42. The monoisotopic (exact) mass is 286 g/mol. The first-order valence-corrected chi connectivity index (χ1v) is 7.93. The van der Waals surface area contributed by atoms with Crippen LogP contribution in [0.25, 0.3) is 0 Å². The molecule has 1 aliphatic rings. The molecular weight excluding hydrogens is 268 g/mol. The smallest absolute Gasteiger partial charge is 0.272 e. The van der Waals surface area contributed by atoms with Gasteiger partial charge in [-0.05, 0) is 20.3 Å². The fraction of sp³-hybridized carbons (Fsp3) is 0.636. The second-order valence-electron chi connectivity index (χ2n) is 5.12. The minimum absolute atomic E-state index is 0.0358. The van der Waals surface area contributed by atoms with E-state index >= 15 is 0 Å². The standard InChI is InChI=1S/C11H18N4O3S/c1-3-15-9(8(12)6-13-15)10(16)14-11(2)4-5-19(17,18)7-11/h6H,3-5,7,12H2,1-2H3,(H,14,16). The van der Waals surface area contributed by atoms with Gasteiger partial charge in [-0.15, -0.1) is 0 Å². The van der Waals surface area contributed by atoms with Crippen LogP contribution in [-0.2, 0) is 16.4 Å². The van der Waals surface area contributed by atoms with Gasteiger partial charge < -0.3 is 11.1 Å². The molecule has 1 amide bonds. The van der Waals surface area contributed by atoms with Crippen molar-refractivity contribution in [3.05, 3.63) is 11.9 Å². The van der Waals surface area contributed by atoms with Gasteiger partial charge in [0.05, 0.1) is 28.9 Å². The predicted molar refractivity (Wildman–Crippen MR) is 71.5 cm³/mol. The summed E-state index contributed by atoms with van der Waals surface area (Å²) in [6.45, 7) is 4.11. The summed E-state index contributed by atoms with van der Waals surface area (Å²) < 4.78 is 24.5. The highest BCUT2D eigenvalue weighted by Crippen LogP contribution is 2.24. The average molecular weight is 286 g/mol. The lowest BCUT2D eigenvalue weighted by Crippen LogP contribution is -2.47. The number of carbonyl (C=O) groups excluding carboxylic acids is 1. The number of sulfone groups is 1. The van der Waals surface area contributed by atoms with Crippen LogP contribution in [0, 0.1) is 0 Å². The van der Waals surface area contributed by atoms with Gasteiger partial charge >= 0.3 is 0 Å². The van der Waals surface area contributed by atoms with Gasteiger partial charge in [0.25, 0.3) is 5.91 Å². The molecule has 0 bridgehead atoms. The minimum atomic E-state index is -3.06. The Labute approximate surface area is 112 Å². The van der Waals surface area contributed by atoms with E-state index in [9.17, 15) is 13.2 Å². The molecule has 106 valence electrons. The number of nitrogens with one attached hydrogen (secondary N) is 1. The van der Waals surface area contributed by atoms with Gasteiger partial charge in [-0.2, -0.15) is 5.10 Å². The number of amides is 1. The lowest BCUT2D eigenvalue weighted by Gasteiger charge is -2.24. The largest absolute Gasteiger partial charge is 0.396 e. The number of rotatable bonds is 3. The molecule has 1 fully saturated rings. The summed E-state index contributed by atoms with van der Waals surface area (Å²) >= 11 is 0. The van der Waals surface area contributed by atoms with E-state index in [1.54, 1.807) is 6.92 Å². The van der Waals surface area contributed by atoms with Gasteiger partial charge in [-0.1, -0.05) is 0 Å². The SMILES string of the molecule is CCn1ncc(N)c1C(=O)NC1(C)CCS(=O)(=O)C1. The molecule has 2 rings (SSSR count). The van der Waals surface area contributed by atoms with Crippen molar-refractivity contribution < 1.29 is 13.2 Å². The summed E-state index contributed by atoms with van der Waals surface area (Å²) in [6, 6.07) is 0. The van der Waals surface area contributed by atoms with Gasteiger partial charge in [0, 0.05) is 6.54 Å². The van der Waals surface area contributed by atoms with Gasteiger partial charge in [-0.3, -0.25) is 9.48 Å². The van der Waals surface area contributed by atoms with Gasteiger partial charge in [0.1, 0.15) is 5.69 Å². The van der Waals surface area contributed by atoms with Crippen LogP contribution in [0.15, 0.2) is 6.20 Å². The van der Waals surface area contributed by atoms with Crippen molar-refractivity contribution in [3.63, 3.8) is 0 Å². The average Bonchev–Trinajstić information content (AvgIpc) is 2.79. The Morgan fingerprint density at radius 3 is 2.84 bits per heavy atom. The first kappa shape index (κ1) is 13.9. The van der Waals surface area contributed by atoms with Crippen LogP contribution in [-0.4, -0.2) is 41.2 Å². The third kappa shape index (κ3) is 2.73. The number of nitrogens with zero attached hydrogens (tertiary/aromatic N) is 2. The van der Waals surface area contributed by atoms with Crippen molar-refractivity contribution >= 4 is 21.4 Å². The van der Waals surface area contributed by atoms with Gasteiger partial charge in [0.2, 0.25) is 0 Å². The van der Waals surface area contributed by atoms with E-state index in [0.29, 0.717) is 18.7 Å². The van der Waals surface area contributed by atoms with Crippen molar-refractivity contribution in [2.75, 3.05) is 17.2 Å². The van der Waals surface area contributed by atoms with Crippen LogP contribution in [0.2, 0.25) is 0 Å². The Balaban J connectivity index is 2.20. The molecule has 1 aromatic rings. The van der Waals surface area contributed by atoms with E-state index in [2.05, 4.69) is 10.4 Å². The van der Waals surface area contributed by atoms with Crippen LogP contribution in [0.1, 0.15) is 30.8 Å². The van der Waals surface area contributed by atoms with Gasteiger partial charge in [-0.25, -0.2) is 8.42 Å². The molecule has 0 radical (unpaired) electrons. The fourth-order valence-electron chi connectivity index (χ4n) is 2.33. The second-order valence-corrected chi connectivity index (χ2v) is 7.31. The van der Waals surface area contributed by atoms with E-state index < -0.39 is 15.4 Å². The molecule has 0 aliphatic carbocycles. The maximum absolute atomic E-state index is 12.2. The highest BCUT2D eigenvalue weighted by molar-refractivity contribution is 7.91. The van der Waals surface area contributed by atoms with E-state index in [0.717, 1.165) is 0 Å². The first-order chi connectivity index (χ1) is 8.76. The van der Waals surface area contributed by atoms with Crippen LogP contribution in [0.5, 0.6) is 0 Å². The summed E-state index contributed by atoms with van der Waals surface area (Å²) in [5.41, 5.74) is 5.58. The molecule has 1 aromatic heterocycles. The minimum Gasteiger partial charge on any atom is -0.396 e. The third-order valence-corrected chi connectivity index (χ3v) is 5.20. The Bertz CT molecular complexity index is 607. The number of carbonyl (C=O) groups is 1. The molecule has 1 atom stereocenters. The Kier molecular flexibility index (Phi) is 3.29.